The summed E-state index contributed by atoms with van der Waals surface area (Å²) in [6.07, 6.45) is 7.63. The summed E-state index contributed by atoms with van der Waals surface area (Å²) in [5.74, 6) is 0.280. The molecule has 2 aliphatic rings. The van der Waals surface area contributed by atoms with Crippen molar-refractivity contribution in [1.82, 2.24) is 4.90 Å². The zero-order valence-corrected chi connectivity index (χ0v) is 13.8. The Balaban J connectivity index is 1.75. The fraction of sp³-hybridized carbons (Fsp3) is 0.412. The van der Waals surface area contributed by atoms with Gasteiger partial charge in [0.2, 0.25) is 0 Å². The number of hydrogen-bond donors (Lipinski definition) is 0. The van der Waals surface area contributed by atoms with E-state index >= 15 is 0 Å². The van der Waals surface area contributed by atoms with Crippen LogP contribution in [0, 0.1) is 5.92 Å². The van der Waals surface area contributed by atoms with Crippen LogP contribution in [0.25, 0.3) is 6.08 Å². The third-order valence-corrected chi connectivity index (χ3v) is 5.48. The second kappa shape index (κ2) is 6.88. The van der Waals surface area contributed by atoms with Gasteiger partial charge in [0.05, 0.1) is 4.91 Å². The number of thioether (sulfide) groups is 1. The number of amides is 2. The Morgan fingerprint density at radius 1 is 1.18 bits per heavy atom. The van der Waals surface area contributed by atoms with E-state index in [1.807, 2.05) is 18.2 Å². The van der Waals surface area contributed by atoms with Crippen molar-refractivity contribution in [3.05, 3.63) is 39.8 Å². The van der Waals surface area contributed by atoms with Gasteiger partial charge in [-0.3, -0.25) is 14.5 Å². The number of rotatable bonds is 3. The number of nitrogens with zero attached hydrogens (tertiary/aromatic N) is 1. The molecule has 3 nitrogen and oxygen atoms in total. The molecular formula is C17H18ClNO2S. The molecular weight excluding hydrogens is 318 g/mol. The van der Waals surface area contributed by atoms with Gasteiger partial charge >= 0.3 is 0 Å². The molecule has 2 fully saturated rings. The fourth-order valence-corrected chi connectivity index (χ4v) is 4.05. The van der Waals surface area contributed by atoms with E-state index in [4.69, 9.17) is 11.6 Å². The molecule has 0 radical (unpaired) electrons. The van der Waals surface area contributed by atoms with Crippen molar-refractivity contribution in [1.29, 1.82) is 0 Å². The van der Waals surface area contributed by atoms with Crippen LogP contribution in [-0.4, -0.2) is 22.6 Å². The molecule has 0 unspecified atom stereocenters. The highest BCUT2D eigenvalue weighted by molar-refractivity contribution is 8.18. The minimum absolute atomic E-state index is 0.158. The zero-order chi connectivity index (χ0) is 15.5. The lowest BCUT2D eigenvalue weighted by molar-refractivity contribution is -0.123. The molecule has 2 amide bonds. The van der Waals surface area contributed by atoms with Crippen LogP contribution in [0.15, 0.2) is 29.2 Å². The maximum absolute atomic E-state index is 12.5. The summed E-state index contributed by atoms with van der Waals surface area (Å²) >= 11 is 7.13. The largest absolute Gasteiger partial charge is 0.293 e. The van der Waals surface area contributed by atoms with Crippen LogP contribution in [-0.2, 0) is 4.79 Å². The van der Waals surface area contributed by atoms with E-state index in [1.54, 1.807) is 12.1 Å². The van der Waals surface area contributed by atoms with E-state index in [-0.39, 0.29) is 11.1 Å². The van der Waals surface area contributed by atoms with E-state index in [0.29, 0.717) is 22.4 Å². The van der Waals surface area contributed by atoms with Crippen molar-refractivity contribution >= 4 is 40.6 Å². The SMILES string of the molecule is O=C1S/C(=C/c2ccccc2Cl)C(=O)N1CC1CCCCC1. The van der Waals surface area contributed by atoms with Crippen LogP contribution >= 0.6 is 23.4 Å². The second-order valence-electron chi connectivity index (χ2n) is 5.82. The van der Waals surface area contributed by atoms with E-state index < -0.39 is 0 Å². The molecule has 1 aromatic carbocycles. The van der Waals surface area contributed by atoms with Gasteiger partial charge < -0.3 is 0 Å². The molecule has 3 rings (SSSR count). The lowest BCUT2D eigenvalue weighted by Gasteiger charge is -2.25. The highest BCUT2D eigenvalue weighted by atomic mass is 35.5. The molecule has 116 valence electrons. The molecule has 1 saturated heterocycles. The first kappa shape index (κ1) is 15.6. The molecule has 0 spiro atoms. The first-order chi connectivity index (χ1) is 10.6. The van der Waals surface area contributed by atoms with E-state index in [0.717, 1.165) is 30.2 Å². The molecule has 1 aliphatic carbocycles. The average Bonchev–Trinajstić information content (AvgIpc) is 2.78. The summed E-state index contributed by atoms with van der Waals surface area (Å²) in [4.78, 5) is 26.5. The molecule has 1 saturated carbocycles. The standard InChI is InChI=1S/C17H18ClNO2S/c18-14-9-5-4-8-13(14)10-15-16(20)19(17(21)22-15)11-12-6-2-1-3-7-12/h4-5,8-10,12H,1-3,6-7,11H2/b15-10+. The van der Waals surface area contributed by atoms with Crippen molar-refractivity contribution in [2.45, 2.75) is 32.1 Å². The van der Waals surface area contributed by atoms with Crippen LogP contribution < -0.4 is 0 Å². The van der Waals surface area contributed by atoms with Crippen molar-refractivity contribution in [2.24, 2.45) is 5.92 Å². The van der Waals surface area contributed by atoms with Crippen LogP contribution in [0.3, 0.4) is 0 Å². The quantitative estimate of drug-likeness (QED) is 0.733. The third kappa shape index (κ3) is 3.39. The number of benzene rings is 1. The first-order valence-electron chi connectivity index (χ1n) is 7.65. The van der Waals surface area contributed by atoms with Gasteiger partial charge in [0.25, 0.3) is 11.1 Å². The van der Waals surface area contributed by atoms with Gasteiger partial charge in [-0.1, -0.05) is 49.1 Å². The van der Waals surface area contributed by atoms with Gasteiger partial charge in [-0.2, -0.15) is 0 Å². The summed E-state index contributed by atoms with van der Waals surface area (Å²) < 4.78 is 0. The predicted octanol–water partition coefficient (Wildman–Crippen LogP) is 4.96. The molecule has 0 atom stereocenters. The van der Waals surface area contributed by atoms with Gasteiger partial charge in [-0.05, 0) is 48.2 Å². The Bertz CT molecular complexity index is 623. The first-order valence-corrected chi connectivity index (χ1v) is 8.84. The summed E-state index contributed by atoms with van der Waals surface area (Å²) in [6, 6.07) is 7.33. The van der Waals surface area contributed by atoms with Crippen LogP contribution in [0.5, 0.6) is 0 Å². The molecule has 0 bridgehead atoms. The molecule has 1 heterocycles. The topological polar surface area (TPSA) is 37.4 Å². The molecule has 1 aliphatic heterocycles. The Morgan fingerprint density at radius 3 is 2.64 bits per heavy atom. The lowest BCUT2D eigenvalue weighted by Crippen LogP contribution is -2.34. The summed E-state index contributed by atoms with van der Waals surface area (Å²) in [6.45, 7) is 0.560. The van der Waals surface area contributed by atoms with Gasteiger partial charge in [-0.25, -0.2) is 0 Å². The third-order valence-electron chi connectivity index (χ3n) is 4.23. The number of hydrogen-bond acceptors (Lipinski definition) is 3. The Hall–Kier alpha value is -1.26. The Morgan fingerprint density at radius 2 is 1.91 bits per heavy atom. The number of halogens is 1. The van der Waals surface area contributed by atoms with Gasteiger partial charge in [0.15, 0.2) is 0 Å². The summed E-state index contributed by atoms with van der Waals surface area (Å²) in [5, 5.41) is 0.426. The maximum Gasteiger partial charge on any atom is 0.293 e. The van der Waals surface area contributed by atoms with Crippen LogP contribution in [0.4, 0.5) is 4.79 Å². The second-order valence-corrected chi connectivity index (χ2v) is 7.22. The van der Waals surface area contributed by atoms with Crippen molar-refractivity contribution < 1.29 is 9.59 Å². The number of carbonyl (C=O) groups excluding carboxylic acids is 2. The lowest BCUT2D eigenvalue weighted by atomic mass is 9.89. The monoisotopic (exact) mass is 335 g/mol. The maximum atomic E-state index is 12.5. The Kier molecular flexibility index (Phi) is 4.89. The average molecular weight is 336 g/mol. The fourth-order valence-electron chi connectivity index (χ4n) is 3.02. The van der Waals surface area contributed by atoms with Crippen molar-refractivity contribution in [3.63, 3.8) is 0 Å². The normalized spacial score (nSPS) is 21.9. The smallest absolute Gasteiger partial charge is 0.268 e. The predicted molar refractivity (Wildman–Crippen MR) is 90.7 cm³/mol. The van der Waals surface area contributed by atoms with Crippen LogP contribution in [0.1, 0.15) is 37.7 Å². The molecule has 5 heteroatoms. The highest BCUT2D eigenvalue weighted by Crippen LogP contribution is 2.35. The van der Waals surface area contributed by atoms with Gasteiger partial charge in [0, 0.05) is 11.6 Å². The minimum Gasteiger partial charge on any atom is -0.268 e. The van der Waals surface area contributed by atoms with Gasteiger partial charge in [0.1, 0.15) is 0 Å². The van der Waals surface area contributed by atoms with E-state index in [9.17, 15) is 9.59 Å². The Labute approximate surface area is 139 Å². The molecule has 1 aromatic rings. The summed E-state index contributed by atoms with van der Waals surface area (Å²) in [7, 11) is 0. The van der Waals surface area contributed by atoms with Crippen molar-refractivity contribution in [3.8, 4) is 0 Å². The van der Waals surface area contributed by atoms with Gasteiger partial charge in [-0.15, -0.1) is 0 Å². The van der Waals surface area contributed by atoms with E-state index in [1.165, 1.54) is 24.2 Å². The van der Waals surface area contributed by atoms with E-state index in [2.05, 4.69) is 0 Å². The van der Waals surface area contributed by atoms with Crippen molar-refractivity contribution in [2.75, 3.05) is 6.54 Å². The molecule has 0 N–H and O–H groups in total. The number of carbonyl (C=O) groups is 2. The van der Waals surface area contributed by atoms with Crippen LogP contribution in [0.2, 0.25) is 5.02 Å². The highest BCUT2D eigenvalue weighted by Gasteiger charge is 2.36. The number of imide groups is 1. The summed E-state index contributed by atoms with van der Waals surface area (Å²) in [5.41, 5.74) is 0.771. The molecule has 22 heavy (non-hydrogen) atoms. The minimum atomic E-state index is -0.180. The molecule has 0 aromatic heterocycles. The zero-order valence-electron chi connectivity index (χ0n) is 12.3.